The van der Waals surface area contributed by atoms with Crippen LogP contribution in [0.3, 0.4) is 0 Å². The summed E-state index contributed by atoms with van der Waals surface area (Å²) in [4.78, 5) is 21.8. The van der Waals surface area contributed by atoms with E-state index >= 15 is 0 Å². The van der Waals surface area contributed by atoms with Gasteiger partial charge in [-0.3, -0.25) is 10.1 Å². The van der Waals surface area contributed by atoms with Gasteiger partial charge < -0.3 is 16.0 Å². The first-order chi connectivity index (χ1) is 8.61. The molecule has 1 aromatic heterocycles. The number of nitrogens with two attached hydrogens (primary N) is 2. The largest absolute Gasteiger partial charge is 0.351 e. The molecule has 1 aliphatic carbocycles. The molecule has 2 rings (SSSR count). The maximum absolute atomic E-state index is 11.3. The van der Waals surface area contributed by atoms with Gasteiger partial charge in [-0.1, -0.05) is 11.8 Å². The van der Waals surface area contributed by atoms with Crippen LogP contribution in [0.25, 0.3) is 0 Å². The first-order valence-electron chi connectivity index (χ1n) is 5.47. The van der Waals surface area contributed by atoms with Crippen molar-refractivity contribution in [2.24, 2.45) is 11.5 Å². The molecule has 0 radical (unpaired) electrons. The molecule has 1 aliphatic rings. The minimum Gasteiger partial charge on any atom is -0.351 e. The maximum atomic E-state index is 11.3. The fourth-order valence-corrected chi connectivity index (χ4v) is 2.37. The van der Waals surface area contributed by atoms with Crippen molar-refractivity contribution >= 4 is 23.7 Å². The molecule has 98 valence electrons. The second kappa shape index (κ2) is 5.36. The summed E-state index contributed by atoms with van der Waals surface area (Å²) >= 11 is 1.22. The van der Waals surface area contributed by atoms with Crippen LogP contribution in [-0.2, 0) is 11.3 Å². The normalized spacial score (nSPS) is 14.5. The lowest BCUT2D eigenvalue weighted by atomic mass is 10.5. The van der Waals surface area contributed by atoms with E-state index in [-0.39, 0.29) is 5.75 Å². The Bertz CT molecular complexity index is 470. The van der Waals surface area contributed by atoms with Crippen LogP contribution in [0.5, 0.6) is 0 Å². The lowest BCUT2D eigenvalue weighted by Crippen LogP contribution is -2.36. The van der Waals surface area contributed by atoms with Gasteiger partial charge in [-0.25, -0.2) is 4.79 Å². The van der Waals surface area contributed by atoms with E-state index in [2.05, 4.69) is 10.2 Å². The molecule has 0 saturated heterocycles. The standard InChI is InChI=1S/C9H14N6O2S/c10-3-6-13-14-9(15(6)5-1-2-5)18-4-7(16)12-8(11)17/h5H,1-4,10H2,(H3,11,12,16,17). The highest BCUT2D eigenvalue weighted by atomic mass is 32.2. The number of urea groups is 1. The summed E-state index contributed by atoms with van der Waals surface area (Å²) in [6.45, 7) is 0.317. The van der Waals surface area contributed by atoms with E-state index in [4.69, 9.17) is 11.5 Å². The Hall–Kier alpha value is -1.61. The first kappa shape index (κ1) is 12.8. The Morgan fingerprint density at radius 2 is 2.17 bits per heavy atom. The van der Waals surface area contributed by atoms with E-state index in [9.17, 15) is 9.59 Å². The average molecular weight is 270 g/mol. The minimum atomic E-state index is -0.855. The van der Waals surface area contributed by atoms with Gasteiger partial charge >= 0.3 is 6.03 Å². The molecule has 9 heteroatoms. The molecule has 1 aromatic rings. The average Bonchev–Trinajstić information content (AvgIpc) is 3.06. The molecule has 8 nitrogen and oxygen atoms in total. The monoisotopic (exact) mass is 270 g/mol. The van der Waals surface area contributed by atoms with Crippen molar-refractivity contribution in [2.75, 3.05) is 5.75 Å². The van der Waals surface area contributed by atoms with E-state index < -0.39 is 11.9 Å². The van der Waals surface area contributed by atoms with Crippen LogP contribution in [0, 0.1) is 0 Å². The fourth-order valence-electron chi connectivity index (χ4n) is 1.55. The van der Waals surface area contributed by atoms with Gasteiger partial charge in [0.2, 0.25) is 5.91 Å². The third-order valence-electron chi connectivity index (χ3n) is 2.42. The van der Waals surface area contributed by atoms with Gasteiger partial charge in [0, 0.05) is 6.04 Å². The number of carbonyl (C=O) groups is 2. The Morgan fingerprint density at radius 3 is 2.72 bits per heavy atom. The van der Waals surface area contributed by atoms with Crippen LogP contribution in [0.2, 0.25) is 0 Å². The number of imide groups is 1. The summed E-state index contributed by atoms with van der Waals surface area (Å²) in [6.07, 6.45) is 2.15. The summed E-state index contributed by atoms with van der Waals surface area (Å²) < 4.78 is 1.96. The van der Waals surface area contributed by atoms with Crippen LogP contribution in [-0.4, -0.2) is 32.5 Å². The van der Waals surface area contributed by atoms with E-state index in [0.717, 1.165) is 18.7 Å². The molecule has 1 saturated carbocycles. The molecule has 3 amide bonds. The van der Waals surface area contributed by atoms with E-state index in [0.29, 0.717) is 17.7 Å². The summed E-state index contributed by atoms with van der Waals surface area (Å²) in [5.41, 5.74) is 10.4. The zero-order valence-corrected chi connectivity index (χ0v) is 10.4. The van der Waals surface area contributed by atoms with Crippen LogP contribution >= 0.6 is 11.8 Å². The van der Waals surface area contributed by atoms with Crippen molar-refractivity contribution in [2.45, 2.75) is 30.6 Å². The highest BCUT2D eigenvalue weighted by Crippen LogP contribution is 2.38. The zero-order chi connectivity index (χ0) is 13.1. The molecule has 5 N–H and O–H groups in total. The number of nitrogens with one attached hydrogen (secondary N) is 1. The Kier molecular flexibility index (Phi) is 3.82. The quantitative estimate of drug-likeness (QED) is 0.610. The predicted molar refractivity (Wildman–Crippen MR) is 64.6 cm³/mol. The Morgan fingerprint density at radius 1 is 1.44 bits per heavy atom. The smallest absolute Gasteiger partial charge is 0.318 e. The fraction of sp³-hybridized carbons (Fsp3) is 0.556. The van der Waals surface area contributed by atoms with E-state index in [1.165, 1.54) is 11.8 Å². The van der Waals surface area contributed by atoms with Gasteiger partial charge in [-0.05, 0) is 12.8 Å². The van der Waals surface area contributed by atoms with Gasteiger partial charge in [-0.2, -0.15) is 0 Å². The second-order valence-electron chi connectivity index (χ2n) is 3.91. The lowest BCUT2D eigenvalue weighted by molar-refractivity contribution is -0.117. The number of primary amides is 1. The van der Waals surface area contributed by atoms with Gasteiger partial charge in [0.25, 0.3) is 0 Å². The first-order valence-corrected chi connectivity index (χ1v) is 6.46. The molecule has 0 unspecified atom stereocenters. The number of hydrogen-bond acceptors (Lipinski definition) is 6. The van der Waals surface area contributed by atoms with Crippen LogP contribution < -0.4 is 16.8 Å². The van der Waals surface area contributed by atoms with Gasteiger partial charge in [0.05, 0.1) is 12.3 Å². The molecule has 18 heavy (non-hydrogen) atoms. The van der Waals surface area contributed by atoms with Crippen molar-refractivity contribution in [1.82, 2.24) is 20.1 Å². The van der Waals surface area contributed by atoms with Gasteiger partial charge in [-0.15, -0.1) is 10.2 Å². The molecule has 1 heterocycles. The minimum absolute atomic E-state index is 0.0678. The maximum Gasteiger partial charge on any atom is 0.318 e. The van der Waals surface area contributed by atoms with Crippen molar-refractivity contribution in [3.63, 3.8) is 0 Å². The molecule has 0 atom stereocenters. The van der Waals surface area contributed by atoms with Crippen LogP contribution in [0.1, 0.15) is 24.7 Å². The number of thioether (sulfide) groups is 1. The summed E-state index contributed by atoms with van der Waals surface area (Å²) in [5.74, 6) is 0.334. The van der Waals surface area contributed by atoms with E-state index in [1.807, 2.05) is 9.88 Å². The molecule has 0 bridgehead atoms. The number of amides is 3. The number of carbonyl (C=O) groups excluding carboxylic acids is 2. The summed E-state index contributed by atoms with van der Waals surface area (Å²) in [7, 11) is 0. The SMILES string of the molecule is NCc1nnc(SCC(=O)NC(N)=O)n1C1CC1. The molecular formula is C9H14N6O2S. The third kappa shape index (κ3) is 2.99. The molecule has 0 aromatic carbocycles. The van der Waals surface area contributed by atoms with E-state index in [1.54, 1.807) is 0 Å². The topological polar surface area (TPSA) is 129 Å². The predicted octanol–water partition coefficient (Wildman–Crippen LogP) is -0.641. The van der Waals surface area contributed by atoms with Crippen molar-refractivity contribution in [3.8, 4) is 0 Å². The van der Waals surface area contributed by atoms with Crippen molar-refractivity contribution < 1.29 is 9.59 Å². The third-order valence-corrected chi connectivity index (χ3v) is 3.37. The second-order valence-corrected chi connectivity index (χ2v) is 4.85. The van der Waals surface area contributed by atoms with Gasteiger partial charge in [0.1, 0.15) is 5.82 Å². The number of nitrogens with zero attached hydrogens (tertiary/aromatic N) is 3. The van der Waals surface area contributed by atoms with Crippen LogP contribution in [0.15, 0.2) is 5.16 Å². The molecule has 1 fully saturated rings. The van der Waals surface area contributed by atoms with Crippen molar-refractivity contribution in [3.05, 3.63) is 5.82 Å². The summed E-state index contributed by atoms with van der Waals surface area (Å²) in [6, 6.07) is -0.466. The highest BCUT2D eigenvalue weighted by Gasteiger charge is 2.29. The van der Waals surface area contributed by atoms with Crippen molar-refractivity contribution in [1.29, 1.82) is 0 Å². The number of rotatable bonds is 5. The highest BCUT2D eigenvalue weighted by molar-refractivity contribution is 7.99. The molecule has 0 spiro atoms. The number of aromatic nitrogens is 3. The number of hydrogen-bond donors (Lipinski definition) is 3. The summed E-state index contributed by atoms with van der Waals surface area (Å²) in [5, 5.41) is 10.6. The van der Waals surface area contributed by atoms with Gasteiger partial charge in [0.15, 0.2) is 5.16 Å². The molecular weight excluding hydrogens is 256 g/mol. The lowest BCUT2D eigenvalue weighted by Gasteiger charge is -2.06. The van der Waals surface area contributed by atoms with Crippen LogP contribution in [0.4, 0.5) is 4.79 Å². The zero-order valence-electron chi connectivity index (χ0n) is 9.63. The Labute approximate surface area is 107 Å². The molecule has 0 aliphatic heterocycles. The Balaban J connectivity index is 1.99.